The zero-order valence-corrected chi connectivity index (χ0v) is 12.1. The molecule has 2 aromatic rings. The van der Waals surface area contributed by atoms with Crippen LogP contribution < -0.4 is 0 Å². The van der Waals surface area contributed by atoms with Crippen LogP contribution >= 0.6 is 0 Å². The van der Waals surface area contributed by atoms with Gasteiger partial charge in [0.25, 0.3) is 0 Å². The molecule has 0 saturated carbocycles. The van der Waals surface area contributed by atoms with E-state index in [1.54, 1.807) is 0 Å². The lowest BCUT2D eigenvalue weighted by atomic mass is 9.72. The molecule has 1 aliphatic heterocycles. The highest BCUT2D eigenvalue weighted by molar-refractivity contribution is 5.89. The minimum absolute atomic E-state index is 0.163. The fourth-order valence-corrected chi connectivity index (χ4v) is 4.30. The minimum atomic E-state index is 0.163. The molecule has 1 saturated heterocycles. The van der Waals surface area contributed by atoms with E-state index in [2.05, 4.69) is 36.3 Å². The average Bonchev–Trinajstić information content (AvgIpc) is 2.84. The molecule has 3 atom stereocenters. The molecular weight excluding hydrogens is 262 g/mol. The van der Waals surface area contributed by atoms with E-state index in [-0.39, 0.29) is 18.6 Å². The van der Waals surface area contributed by atoms with Gasteiger partial charge in [-0.05, 0) is 37.0 Å². The number of aliphatic hydroxyl groups excluding tert-OH is 1. The number of nitrogens with one attached hydrogen (secondary N) is 1. The molecule has 108 valence electrons. The van der Waals surface area contributed by atoms with Crippen molar-refractivity contribution in [1.82, 2.24) is 9.88 Å². The van der Waals surface area contributed by atoms with Gasteiger partial charge in [-0.2, -0.15) is 5.26 Å². The maximum Gasteiger partial charge on any atom is 0.179 e. The van der Waals surface area contributed by atoms with Gasteiger partial charge in [-0.1, -0.05) is 12.1 Å². The van der Waals surface area contributed by atoms with Crippen LogP contribution in [0.15, 0.2) is 18.2 Å². The van der Waals surface area contributed by atoms with E-state index < -0.39 is 0 Å². The number of piperidine rings is 1. The fourth-order valence-electron chi connectivity index (χ4n) is 4.30. The second-order valence-electron chi connectivity index (χ2n) is 6.41. The largest absolute Gasteiger partial charge is 0.396 e. The van der Waals surface area contributed by atoms with Crippen molar-refractivity contribution in [3.8, 4) is 6.19 Å². The van der Waals surface area contributed by atoms with E-state index in [4.69, 9.17) is 0 Å². The number of hydrogen-bond acceptors (Lipinski definition) is 3. The van der Waals surface area contributed by atoms with E-state index in [0.29, 0.717) is 12.5 Å². The summed E-state index contributed by atoms with van der Waals surface area (Å²) in [5, 5.41) is 20.4. The summed E-state index contributed by atoms with van der Waals surface area (Å²) in [6, 6.07) is 6.67. The van der Waals surface area contributed by atoms with E-state index in [1.165, 1.54) is 27.7 Å². The van der Waals surface area contributed by atoms with Gasteiger partial charge in [-0.3, -0.25) is 0 Å². The molecule has 4 rings (SSSR count). The lowest BCUT2D eigenvalue weighted by Gasteiger charge is -2.44. The molecule has 0 radical (unpaired) electrons. The van der Waals surface area contributed by atoms with E-state index in [1.807, 2.05) is 4.90 Å². The molecule has 0 amide bonds. The van der Waals surface area contributed by atoms with Crippen molar-refractivity contribution >= 4 is 10.9 Å². The predicted octanol–water partition coefficient (Wildman–Crippen LogP) is 2.28. The molecule has 4 nitrogen and oxygen atoms in total. The number of aryl methyl sites for hydroxylation is 1. The first-order valence-corrected chi connectivity index (χ1v) is 7.60. The monoisotopic (exact) mass is 281 g/mol. The van der Waals surface area contributed by atoms with Crippen molar-refractivity contribution in [3.63, 3.8) is 0 Å². The molecule has 1 unspecified atom stereocenters. The summed E-state index contributed by atoms with van der Waals surface area (Å²) in [6.45, 7) is 2.97. The standard InChI is InChI=1S/C17H19N3O/c1-10-13-6-16-14(5-11(8-21)7-20(16)9-18)12-3-2-4-15(19-10)17(12)13/h2-4,11,14,16,19,21H,5-8H2,1H3/t11?,14-,16-/m1/s1. The average molecular weight is 281 g/mol. The van der Waals surface area contributed by atoms with Crippen LogP contribution in [-0.2, 0) is 6.42 Å². The van der Waals surface area contributed by atoms with Crippen LogP contribution in [0.3, 0.4) is 0 Å². The van der Waals surface area contributed by atoms with Gasteiger partial charge in [0.05, 0.1) is 6.04 Å². The Morgan fingerprint density at radius 1 is 1.48 bits per heavy atom. The highest BCUT2D eigenvalue weighted by Gasteiger charge is 2.40. The highest BCUT2D eigenvalue weighted by atomic mass is 16.3. The predicted molar refractivity (Wildman–Crippen MR) is 80.8 cm³/mol. The van der Waals surface area contributed by atoms with E-state index >= 15 is 0 Å². The Kier molecular flexibility index (Phi) is 2.73. The van der Waals surface area contributed by atoms with Crippen LogP contribution in [0.25, 0.3) is 10.9 Å². The third-order valence-corrected chi connectivity index (χ3v) is 5.28. The Bertz CT molecular complexity index is 742. The number of fused-ring (bicyclic) bond motifs is 2. The van der Waals surface area contributed by atoms with Gasteiger partial charge >= 0.3 is 0 Å². The molecule has 1 aromatic carbocycles. The molecule has 2 N–H and O–H groups in total. The highest BCUT2D eigenvalue weighted by Crippen LogP contribution is 2.45. The van der Waals surface area contributed by atoms with Crippen molar-refractivity contribution in [2.24, 2.45) is 5.92 Å². The van der Waals surface area contributed by atoms with Gasteiger partial charge < -0.3 is 15.0 Å². The van der Waals surface area contributed by atoms with Crippen molar-refractivity contribution in [3.05, 3.63) is 35.0 Å². The normalized spacial score (nSPS) is 27.5. The first-order valence-electron chi connectivity index (χ1n) is 7.60. The molecular formula is C17H19N3O. The number of aromatic nitrogens is 1. The van der Waals surface area contributed by atoms with Crippen LogP contribution in [0.2, 0.25) is 0 Å². The number of aliphatic hydroxyl groups is 1. The van der Waals surface area contributed by atoms with Crippen LogP contribution in [0, 0.1) is 24.3 Å². The molecule has 2 aliphatic rings. The number of benzene rings is 1. The number of rotatable bonds is 1. The summed E-state index contributed by atoms with van der Waals surface area (Å²) in [5.74, 6) is 0.546. The molecule has 2 heterocycles. The van der Waals surface area contributed by atoms with Gasteiger partial charge in [0.1, 0.15) is 0 Å². The Morgan fingerprint density at radius 3 is 3.10 bits per heavy atom. The van der Waals surface area contributed by atoms with Gasteiger partial charge in [-0.15, -0.1) is 0 Å². The molecule has 1 aromatic heterocycles. The van der Waals surface area contributed by atoms with Gasteiger partial charge in [0.2, 0.25) is 0 Å². The van der Waals surface area contributed by atoms with E-state index in [9.17, 15) is 10.4 Å². The molecule has 0 spiro atoms. The maximum absolute atomic E-state index is 9.55. The van der Waals surface area contributed by atoms with Gasteiger partial charge in [0.15, 0.2) is 6.19 Å². The summed E-state index contributed by atoms with van der Waals surface area (Å²) in [7, 11) is 0. The lowest BCUT2D eigenvalue weighted by molar-refractivity contribution is 0.0975. The maximum atomic E-state index is 9.55. The zero-order chi connectivity index (χ0) is 14.6. The van der Waals surface area contributed by atoms with Gasteiger partial charge in [0, 0.05) is 41.6 Å². The second kappa shape index (κ2) is 4.51. The van der Waals surface area contributed by atoms with Crippen LogP contribution in [0.1, 0.15) is 29.2 Å². The minimum Gasteiger partial charge on any atom is -0.396 e. The Labute approximate surface area is 124 Å². The topological polar surface area (TPSA) is 63.0 Å². The van der Waals surface area contributed by atoms with Crippen molar-refractivity contribution in [2.75, 3.05) is 13.2 Å². The third-order valence-electron chi connectivity index (χ3n) is 5.28. The first-order chi connectivity index (χ1) is 10.2. The number of aromatic amines is 1. The van der Waals surface area contributed by atoms with Crippen molar-refractivity contribution in [2.45, 2.75) is 31.7 Å². The smallest absolute Gasteiger partial charge is 0.179 e. The quantitative estimate of drug-likeness (QED) is 0.788. The molecule has 1 aliphatic carbocycles. The zero-order valence-electron chi connectivity index (χ0n) is 12.1. The SMILES string of the molecule is Cc1[nH]c2cccc3c2c1C[C@@H]1[C@@H]3CC(CO)CN1C#N. The van der Waals surface area contributed by atoms with Crippen molar-refractivity contribution in [1.29, 1.82) is 5.26 Å². The Morgan fingerprint density at radius 2 is 2.33 bits per heavy atom. The first kappa shape index (κ1) is 12.7. The third kappa shape index (κ3) is 1.71. The summed E-state index contributed by atoms with van der Waals surface area (Å²) in [6.07, 6.45) is 4.26. The Hall–Kier alpha value is -1.99. The van der Waals surface area contributed by atoms with Crippen LogP contribution in [-0.4, -0.2) is 34.2 Å². The van der Waals surface area contributed by atoms with Crippen molar-refractivity contribution < 1.29 is 5.11 Å². The van der Waals surface area contributed by atoms with Gasteiger partial charge in [-0.25, -0.2) is 0 Å². The second-order valence-corrected chi connectivity index (χ2v) is 6.41. The lowest BCUT2D eigenvalue weighted by Crippen LogP contribution is -2.48. The number of H-pyrrole nitrogens is 1. The summed E-state index contributed by atoms with van der Waals surface area (Å²) >= 11 is 0. The summed E-state index contributed by atoms with van der Waals surface area (Å²) < 4.78 is 0. The van der Waals surface area contributed by atoms with Crippen LogP contribution in [0.5, 0.6) is 0 Å². The van der Waals surface area contributed by atoms with E-state index in [0.717, 1.165) is 12.8 Å². The van der Waals surface area contributed by atoms with Crippen LogP contribution in [0.4, 0.5) is 0 Å². The Balaban J connectivity index is 1.90. The fraction of sp³-hybridized carbons (Fsp3) is 0.471. The molecule has 0 bridgehead atoms. The number of likely N-dealkylation sites (tertiary alicyclic amines) is 1. The summed E-state index contributed by atoms with van der Waals surface area (Å²) in [5.41, 5.74) is 5.14. The number of hydrogen-bond donors (Lipinski definition) is 2. The molecule has 21 heavy (non-hydrogen) atoms. The molecule has 1 fully saturated rings. The number of nitriles is 1. The number of nitrogens with zero attached hydrogens (tertiary/aromatic N) is 2. The summed E-state index contributed by atoms with van der Waals surface area (Å²) in [4.78, 5) is 5.37. The molecule has 4 heteroatoms.